The summed E-state index contributed by atoms with van der Waals surface area (Å²) in [6.45, 7) is 6.13. The van der Waals surface area contributed by atoms with Crippen molar-refractivity contribution < 1.29 is 5.11 Å². The first kappa shape index (κ1) is 16.3. The molecule has 132 valence electrons. The first-order chi connectivity index (χ1) is 12.1. The van der Waals surface area contributed by atoms with E-state index in [9.17, 15) is 5.11 Å². The lowest BCUT2D eigenvalue weighted by atomic mass is 9.82. The Bertz CT molecular complexity index is 759. The molecule has 1 aliphatic carbocycles. The van der Waals surface area contributed by atoms with E-state index in [-0.39, 0.29) is 6.04 Å². The van der Waals surface area contributed by atoms with Gasteiger partial charge in [0.2, 0.25) is 0 Å². The maximum atomic E-state index is 10.5. The quantitative estimate of drug-likeness (QED) is 0.893. The first-order valence-corrected chi connectivity index (χ1v) is 9.18. The van der Waals surface area contributed by atoms with Crippen molar-refractivity contribution in [1.82, 2.24) is 9.97 Å². The van der Waals surface area contributed by atoms with Crippen LogP contribution in [-0.2, 0) is 0 Å². The van der Waals surface area contributed by atoms with Crippen LogP contribution in [0, 0.1) is 18.8 Å². The number of aliphatic hydroxyl groups excluding tert-OH is 1. The summed E-state index contributed by atoms with van der Waals surface area (Å²) >= 11 is 0. The molecule has 2 aliphatic rings. The van der Waals surface area contributed by atoms with E-state index in [1.165, 1.54) is 12.8 Å². The summed E-state index contributed by atoms with van der Waals surface area (Å²) in [5, 5.41) is 14.1. The van der Waals surface area contributed by atoms with Crippen molar-refractivity contribution in [3.63, 3.8) is 0 Å². The van der Waals surface area contributed by atoms with Crippen LogP contribution < -0.4 is 10.2 Å². The fraction of sp³-hybridized carbons (Fsp3) is 0.500. The second kappa shape index (κ2) is 6.30. The normalized spacial score (nSPS) is 26.9. The minimum Gasteiger partial charge on any atom is -0.374 e. The van der Waals surface area contributed by atoms with Gasteiger partial charge < -0.3 is 15.3 Å². The molecule has 4 atom stereocenters. The molecule has 1 saturated carbocycles. The molecular weight excluding hydrogens is 312 g/mol. The number of rotatable bonds is 4. The van der Waals surface area contributed by atoms with Crippen molar-refractivity contribution in [1.29, 1.82) is 0 Å². The van der Waals surface area contributed by atoms with Gasteiger partial charge in [-0.1, -0.05) is 13.0 Å². The molecule has 3 unspecified atom stereocenters. The average Bonchev–Trinajstić information content (AvgIpc) is 3.41. The predicted octanol–water partition coefficient (Wildman–Crippen LogP) is 3.51. The van der Waals surface area contributed by atoms with Crippen molar-refractivity contribution in [3.05, 3.63) is 47.9 Å². The van der Waals surface area contributed by atoms with Crippen LogP contribution in [0.1, 0.15) is 44.1 Å². The number of anilines is 2. The molecule has 0 radical (unpaired) electrons. The van der Waals surface area contributed by atoms with Crippen molar-refractivity contribution in [3.8, 4) is 0 Å². The highest BCUT2D eigenvalue weighted by Gasteiger charge is 2.47. The van der Waals surface area contributed by atoms with Gasteiger partial charge in [0.1, 0.15) is 12.0 Å². The molecule has 0 bridgehead atoms. The van der Waals surface area contributed by atoms with Gasteiger partial charge in [0.15, 0.2) is 0 Å². The van der Waals surface area contributed by atoms with E-state index in [0.29, 0.717) is 17.9 Å². The van der Waals surface area contributed by atoms with Gasteiger partial charge in [-0.25, -0.2) is 4.98 Å². The van der Waals surface area contributed by atoms with Crippen LogP contribution in [0.25, 0.3) is 0 Å². The molecule has 2 aromatic heterocycles. The SMILES string of the molecule is Cc1cccc(NC2c3ncccc3N(C(C)O)C(C3CC3)[C@@H]2C)n1. The summed E-state index contributed by atoms with van der Waals surface area (Å²) < 4.78 is 0. The summed E-state index contributed by atoms with van der Waals surface area (Å²) in [5.74, 6) is 1.85. The number of pyridine rings is 2. The van der Waals surface area contributed by atoms with E-state index >= 15 is 0 Å². The van der Waals surface area contributed by atoms with Gasteiger partial charge in [-0.3, -0.25) is 4.98 Å². The van der Waals surface area contributed by atoms with Crippen LogP contribution in [0.15, 0.2) is 36.5 Å². The molecule has 4 rings (SSSR count). The summed E-state index contributed by atoms with van der Waals surface area (Å²) in [5.41, 5.74) is 3.04. The summed E-state index contributed by atoms with van der Waals surface area (Å²) in [6, 6.07) is 10.5. The zero-order valence-electron chi connectivity index (χ0n) is 15.1. The highest BCUT2D eigenvalue weighted by atomic mass is 16.3. The molecule has 5 nitrogen and oxygen atoms in total. The molecule has 0 amide bonds. The van der Waals surface area contributed by atoms with Gasteiger partial charge in [0.05, 0.1) is 17.4 Å². The molecule has 1 fully saturated rings. The van der Waals surface area contributed by atoms with Gasteiger partial charge in [-0.15, -0.1) is 0 Å². The number of aryl methyl sites for hydroxylation is 1. The number of aromatic nitrogens is 2. The Morgan fingerprint density at radius 1 is 1.24 bits per heavy atom. The number of nitrogens with zero attached hydrogens (tertiary/aromatic N) is 3. The lowest BCUT2D eigenvalue weighted by molar-refractivity contribution is 0.150. The lowest BCUT2D eigenvalue weighted by Gasteiger charge is -2.47. The van der Waals surface area contributed by atoms with E-state index in [1.807, 2.05) is 44.3 Å². The minimum absolute atomic E-state index is 0.0890. The third kappa shape index (κ3) is 2.97. The first-order valence-electron chi connectivity index (χ1n) is 9.18. The number of nitrogens with one attached hydrogen (secondary N) is 1. The standard InChI is InChI=1S/C20H26N4O/c1-12-6-4-8-17(22-12)23-18-13(2)20(15-9-10-15)24(14(3)25)16-7-5-11-21-19(16)18/h4-8,11,13-15,18,20,25H,9-10H2,1-3H3,(H,22,23)/t13-,14?,18?,20?/m1/s1. The third-order valence-electron chi connectivity index (χ3n) is 5.47. The summed E-state index contributed by atoms with van der Waals surface area (Å²) in [6.07, 6.45) is 3.79. The summed E-state index contributed by atoms with van der Waals surface area (Å²) in [7, 11) is 0. The molecule has 2 N–H and O–H groups in total. The van der Waals surface area contributed by atoms with Gasteiger partial charge in [-0.2, -0.15) is 0 Å². The zero-order chi connectivity index (χ0) is 17.6. The fourth-order valence-electron chi connectivity index (χ4n) is 4.25. The Balaban J connectivity index is 1.76. The van der Waals surface area contributed by atoms with Crippen LogP contribution in [-0.4, -0.2) is 27.3 Å². The lowest BCUT2D eigenvalue weighted by Crippen LogP contribution is -2.53. The third-order valence-corrected chi connectivity index (χ3v) is 5.47. The molecule has 0 aromatic carbocycles. The van der Waals surface area contributed by atoms with Gasteiger partial charge >= 0.3 is 0 Å². The molecule has 0 spiro atoms. The molecule has 3 heterocycles. The minimum atomic E-state index is -0.519. The Labute approximate surface area is 149 Å². The van der Waals surface area contributed by atoms with Gasteiger partial charge in [-0.05, 0) is 56.9 Å². The van der Waals surface area contributed by atoms with E-state index in [4.69, 9.17) is 0 Å². The maximum Gasteiger partial charge on any atom is 0.126 e. The van der Waals surface area contributed by atoms with Crippen LogP contribution in [0.3, 0.4) is 0 Å². The van der Waals surface area contributed by atoms with E-state index in [2.05, 4.69) is 33.2 Å². The fourth-order valence-corrected chi connectivity index (χ4v) is 4.25. The number of aliphatic hydroxyl groups is 1. The molecule has 5 heteroatoms. The molecule has 25 heavy (non-hydrogen) atoms. The number of hydrogen-bond donors (Lipinski definition) is 2. The Morgan fingerprint density at radius 2 is 2.04 bits per heavy atom. The van der Waals surface area contributed by atoms with Crippen LogP contribution in [0.5, 0.6) is 0 Å². The second-order valence-corrected chi connectivity index (χ2v) is 7.42. The van der Waals surface area contributed by atoms with E-state index in [0.717, 1.165) is 22.9 Å². The number of hydrogen-bond acceptors (Lipinski definition) is 5. The molecular formula is C20H26N4O. The van der Waals surface area contributed by atoms with Crippen LogP contribution in [0.4, 0.5) is 11.5 Å². The maximum absolute atomic E-state index is 10.5. The largest absolute Gasteiger partial charge is 0.374 e. The van der Waals surface area contributed by atoms with Crippen molar-refractivity contribution in [2.75, 3.05) is 10.2 Å². The van der Waals surface area contributed by atoms with Crippen molar-refractivity contribution >= 4 is 11.5 Å². The molecule has 2 aromatic rings. The molecule has 1 aliphatic heterocycles. The predicted molar refractivity (Wildman–Crippen MR) is 99.4 cm³/mol. The number of fused-ring (bicyclic) bond motifs is 1. The monoisotopic (exact) mass is 338 g/mol. The second-order valence-electron chi connectivity index (χ2n) is 7.42. The Morgan fingerprint density at radius 3 is 2.72 bits per heavy atom. The topological polar surface area (TPSA) is 61.3 Å². The van der Waals surface area contributed by atoms with E-state index < -0.39 is 6.23 Å². The van der Waals surface area contributed by atoms with Crippen molar-refractivity contribution in [2.45, 2.75) is 51.9 Å². The smallest absolute Gasteiger partial charge is 0.126 e. The van der Waals surface area contributed by atoms with Crippen LogP contribution in [0.2, 0.25) is 0 Å². The molecule has 0 saturated heterocycles. The van der Waals surface area contributed by atoms with Gasteiger partial charge in [0, 0.05) is 23.9 Å². The Hall–Kier alpha value is -2.14. The van der Waals surface area contributed by atoms with Crippen molar-refractivity contribution in [2.24, 2.45) is 11.8 Å². The zero-order valence-corrected chi connectivity index (χ0v) is 15.1. The highest BCUT2D eigenvalue weighted by Crippen LogP contribution is 2.49. The van der Waals surface area contributed by atoms with Crippen LogP contribution >= 0.6 is 0 Å². The van der Waals surface area contributed by atoms with E-state index in [1.54, 1.807) is 0 Å². The Kier molecular flexibility index (Phi) is 4.12. The average molecular weight is 338 g/mol. The summed E-state index contributed by atoms with van der Waals surface area (Å²) in [4.78, 5) is 11.5. The highest BCUT2D eigenvalue weighted by molar-refractivity contribution is 5.58. The van der Waals surface area contributed by atoms with Gasteiger partial charge in [0.25, 0.3) is 0 Å².